The number of hydrogen-bond donors (Lipinski definition) is 1. The van der Waals surface area contributed by atoms with Crippen LogP contribution in [0.4, 0.5) is 11.5 Å². The molecule has 1 atom stereocenters. The molecule has 7 heteroatoms. The molecule has 1 aliphatic heterocycles. The normalized spacial score (nSPS) is 14.3. The number of aryl methyl sites for hydroxylation is 1. The van der Waals surface area contributed by atoms with Crippen molar-refractivity contribution in [2.75, 3.05) is 16.8 Å². The van der Waals surface area contributed by atoms with Crippen LogP contribution in [-0.2, 0) is 9.59 Å². The Morgan fingerprint density at radius 3 is 2.69 bits per heavy atom. The molecule has 7 nitrogen and oxygen atoms in total. The monoisotopic (exact) mass is 353 g/mol. The van der Waals surface area contributed by atoms with Gasteiger partial charge in [0, 0.05) is 11.8 Å². The minimum atomic E-state index is -0.796. The zero-order chi connectivity index (χ0) is 18.8. The molecule has 26 heavy (non-hydrogen) atoms. The topological polar surface area (TPSA) is 88.6 Å². The molecule has 1 aromatic heterocycles. The second-order valence-corrected chi connectivity index (χ2v) is 6.18. The van der Waals surface area contributed by atoms with E-state index in [1.54, 1.807) is 37.4 Å². The van der Waals surface area contributed by atoms with E-state index in [1.807, 2.05) is 13.0 Å². The number of pyridine rings is 1. The predicted molar refractivity (Wildman–Crippen MR) is 96.5 cm³/mol. The molecule has 1 aromatic carbocycles. The van der Waals surface area contributed by atoms with Crippen LogP contribution in [0.3, 0.4) is 0 Å². The number of Topliss-reactive ketones (excluding diaryl/α,β-unsaturated/α-hetero) is 1. The lowest BCUT2D eigenvalue weighted by Gasteiger charge is -2.33. The summed E-state index contributed by atoms with van der Waals surface area (Å²) in [6.45, 7) is 4.80. The second-order valence-electron chi connectivity index (χ2n) is 6.18. The van der Waals surface area contributed by atoms with Crippen molar-refractivity contribution in [2.45, 2.75) is 26.8 Å². The summed E-state index contributed by atoms with van der Waals surface area (Å²) in [6, 6.07) is 7.58. The fourth-order valence-electron chi connectivity index (χ4n) is 2.70. The molecule has 0 fully saturated rings. The first-order chi connectivity index (χ1) is 12.4. The second kappa shape index (κ2) is 6.95. The van der Waals surface area contributed by atoms with Gasteiger partial charge in [0.05, 0.1) is 5.69 Å². The average molecular weight is 353 g/mol. The van der Waals surface area contributed by atoms with Crippen LogP contribution in [0.1, 0.15) is 29.8 Å². The Bertz CT molecular complexity index is 877. The number of amides is 2. The Hall–Kier alpha value is -3.22. The van der Waals surface area contributed by atoms with Crippen molar-refractivity contribution in [2.24, 2.45) is 0 Å². The number of carbonyl (C=O) groups excluding carboxylic acids is 3. The van der Waals surface area contributed by atoms with Gasteiger partial charge in [0.25, 0.3) is 5.91 Å². The quantitative estimate of drug-likeness (QED) is 0.853. The van der Waals surface area contributed by atoms with E-state index in [4.69, 9.17) is 4.74 Å². The number of fused-ring (bicyclic) bond motifs is 1. The van der Waals surface area contributed by atoms with Gasteiger partial charge in [-0.05, 0) is 50.6 Å². The molecule has 2 aromatic rings. The zero-order valence-electron chi connectivity index (χ0n) is 14.8. The Kier molecular flexibility index (Phi) is 4.71. The number of anilines is 2. The highest BCUT2D eigenvalue weighted by Gasteiger charge is 2.33. The minimum absolute atomic E-state index is 0.133. The Morgan fingerprint density at radius 1 is 1.27 bits per heavy atom. The third kappa shape index (κ3) is 3.42. The maximum atomic E-state index is 12.6. The molecule has 0 bridgehead atoms. The molecule has 2 amide bonds. The van der Waals surface area contributed by atoms with Gasteiger partial charge in [-0.25, -0.2) is 4.98 Å². The number of nitrogens with one attached hydrogen (secondary N) is 1. The van der Waals surface area contributed by atoms with Gasteiger partial charge in [-0.3, -0.25) is 19.3 Å². The van der Waals surface area contributed by atoms with Crippen LogP contribution in [0, 0.1) is 6.92 Å². The number of aromatic nitrogens is 1. The third-order valence-corrected chi connectivity index (χ3v) is 4.17. The first kappa shape index (κ1) is 17.6. The Balaban J connectivity index is 1.88. The van der Waals surface area contributed by atoms with Crippen LogP contribution >= 0.6 is 0 Å². The van der Waals surface area contributed by atoms with Gasteiger partial charge in [0.2, 0.25) is 5.91 Å². The van der Waals surface area contributed by atoms with Crippen molar-refractivity contribution in [1.29, 1.82) is 0 Å². The van der Waals surface area contributed by atoms with E-state index in [9.17, 15) is 14.4 Å². The molecule has 0 saturated carbocycles. The minimum Gasteiger partial charge on any atom is -0.482 e. The number of rotatable bonds is 4. The lowest BCUT2D eigenvalue weighted by atomic mass is 10.1. The third-order valence-electron chi connectivity index (χ3n) is 4.17. The highest BCUT2D eigenvalue weighted by Crippen LogP contribution is 2.34. The van der Waals surface area contributed by atoms with Crippen molar-refractivity contribution in [3.63, 3.8) is 0 Å². The maximum Gasteiger partial charge on any atom is 0.265 e. The van der Waals surface area contributed by atoms with Gasteiger partial charge in [-0.15, -0.1) is 0 Å². The number of benzene rings is 1. The van der Waals surface area contributed by atoms with Crippen molar-refractivity contribution >= 4 is 29.1 Å². The largest absolute Gasteiger partial charge is 0.482 e. The summed E-state index contributed by atoms with van der Waals surface area (Å²) in [5, 5.41) is 2.70. The summed E-state index contributed by atoms with van der Waals surface area (Å²) in [7, 11) is 0. The van der Waals surface area contributed by atoms with E-state index in [-0.39, 0.29) is 24.2 Å². The number of carbonyl (C=O) groups is 3. The van der Waals surface area contributed by atoms with Gasteiger partial charge in [0.15, 0.2) is 12.4 Å². The fourth-order valence-corrected chi connectivity index (χ4v) is 2.70. The van der Waals surface area contributed by atoms with Crippen molar-refractivity contribution < 1.29 is 19.1 Å². The maximum absolute atomic E-state index is 12.6. The molecule has 1 unspecified atom stereocenters. The highest BCUT2D eigenvalue weighted by molar-refractivity contribution is 6.07. The zero-order valence-corrected chi connectivity index (χ0v) is 14.8. The van der Waals surface area contributed by atoms with Crippen LogP contribution in [-0.4, -0.2) is 35.2 Å². The van der Waals surface area contributed by atoms with Gasteiger partial charge in [-0.2, -0.15) is 0 Å². The van der Waals surface area contributed by atoms with E-state index in [1.165, 1.54) is 11.8 Å². The molecule has 1 N–H and O–H groups in total. The fraction of sp³-hybridized carbons (Fsp3) is 0.263. The first-order valence-electron chi connectivity index (χ1n) is 8.20. The van der Waals surface area contributed by atoms with E-state index in [0.29, 0.717) is 22.8 Å². The molecule has 1 aliphatic rings. The van der Waals surface area contributed by atoms with Crippen LogP contribution in [0.15, 0.2) is 36.5 Å². The van der Waals surface area contributed by atoms with Gasteiger partial charge >= 0.3 is 0 Å². The van der Waals surface area contributed by atoms with E-state index in [2.05, 4.69) is 10.3 Å². The van der Waals surface area contributed by atoms with Gasteiger partial charge in [-0.1, -0.05) is 6.07 Å². The van der Waals surface area contributed by atoms with Crippen molar-refractivity contribution in [1.82, 2.24) is 4.98 Å². The van der Waals surface area contributed by atoms with Crippen molar-refractivity contribution in [3.05, 3.63) is 47.7 Å². The molecule has 0 aliphatic carbocycles. The van der Waals surface area contributed by atoms with E-state index in [0.717, 1.165) is 5.56 Å². The van der Waals surface area contributed by atoms with E-state index >= 15 is 0 Å². The van der Waals surface area contributed by atoms with Gasteiger partial charge < -0.3 is 10.1 Å². The molecule has 134 valence electrons. The molecule has 3 rings (SSSR count). The number of nitrogens with zero attached hydrogens (tertiary/aromatic N) is 2. The predicted octanol–water partition coefficient (Wildman–Crippen LogP) is 2.35. The number of ether oxygens (including phenoxy) is 1. The number of hydrogen-bond acceptors (Lipinski definition) is 5. The Morgan fingerprint density at radius 2 is 2.04 bits per heavy atom. The summed E-state index contributed by atoms with van der Waals surface area (Å²) in [6.07, 6.45) is 1.65. The van der Waals surface area contributed by atoms with Crippen LogP contribution < -0.4 is 15.0 Å². The molecule has 0 saturated heterocycles. The van der Waals surface area contributed by atoms with Crippen LogP contribution in [0.5, 0.6) is 5.75 Å². The first-order valence-corrected chi connectivity index (χ1v) is 8.20. The van der Waals surface area contributed by atoms with Crippen LogP contribution in [0.2, 0.25) is 0 Å². The SMILES string of the molecule is CC(=O)c1ccc2c(c1)N(C(C)C(=O)Nc1ccc(C)cn1)C(=O)CO2. The van der Waals surface area contributed by atoms with Gasteiger partial charge in [0.1, 0.15) is 17.6 Å². The molecule has 2 heterocycles. The van der Waals surface area contributed by atoms with E-state index < -0.39 is 6.04 Å². The summed E-state index contributed by atoms with van der Waals surface area (Å²) < 4.78 is 5.42. The molecular formula is C19H19N3O4. The Labute approximate surface area is 151 Å². The summed E-state index contributed by atoms with van der Waals surface area (Å²) in [4.78, 5) is 42.2. The standard InChI is InChI=1S/C19H19N3O4/c1-11-4-7-17(20-9-11)21-19(25)12(2)22-15-8-14(13(3)23)5-6-16(15)26-10-18(22)24/h4-9,12H,10H2,1-3H3,(H,20,21,25). The summed E-state index contributed by atoms with van der Waals surface area (Å²) >= 11 is 0. The molecular weight excluding hydrogens is 334 g/mol. The molecule has 0 radical (unpaired) electrons. The highest BCUT2D eigenvalue weighted by atomic mass is 16.5. The average Bonchev–Trinajstić information content (AvgIpc) is 2.62. The number of ketones is 1. The van der Waals surface area contributed by atoms with Crippen molar-refractivity contribution in [3.8, 4) is 5.75 Å². The molecule has 0 spiro atoms. The smallest absolute Gasteiger partial charge is 0.265 e. The lowest BCUT2D eigenvalue weighted by molar-refractivity contribution is -0.125. The lowest BCUT2D eigenvalue weighted by Crippen LogP contribution is -2.49. The summed E-state index contributed by atoms with van der Waals surface area (Å²) in [5.74, 6) is 0.00816. The van der Waals surface area contributed by atoms with Crippen LogP contribution in [0.25, 0.3) is 0 Å². The summed E-state index contributed by atoms with van der Waals surface area (Å²) in [5.41, 5.74) is 1.83.